The van der Waals surface area contributed by atoms with Crippen LogP contribution in [0, 0.1) is 0 Å². The number of esters is 1. The van der Waals surface area contributed by atoms with Crippen LogP contribution in [-0.4, -0.2) is 42.5 Å². The van der Waals surface area contributed by atoms with E-state index in [-0.39, 0.29) is 18.0 Å². The van der Waals surface area contributed by atoms with E-state index in [9.17, 15) is 9.18 Å². The second kappa shape index (κ2) is 7.54. The lowest BCUT2D eigenvalue weighted by Crippen LogP contribution is -2.43. The van der Waals surface area contributed by atoms with Gasteiger partial charge in [0.15, 0.2) is 0 Å². The highest BCUT2D eigenvalue weighted by Gasteiger charge is 2.38. The first-order valence-corrected chi connectivity index (χ1v) is 7.00. The summed E-state index contributed by atoms with van der Waals surface area (Å²) in [6.45, 7) is 4.81. The Balaban J connectivity index is 4.18. The summed E-state index contributed by atoms with van der Waals surface area (Å²) in [5.74, 6) is -0.753. The summed E-state index contributed by atoms with van der Waals surface area (Å²) in [6.07, 6.45) is -1.76. The van der Waals surface area contributed by atoms with Gasteiger partial charge in [0.05, 0.1) is 0 Å². The molecule has 0 aliphatic rings. The highest BCUT2D eigenvalue weighted by molar-refractivity contribution is 6.60. The number of carbonyl (C=O) groups is 1. The highest BCUT2D eigenvalue weighted by atomic mass is 28.4. The van der Waals surface area contributed by atoms with E-state index in [4.69, 9.17) is 13.3 Å². The van der Waals surface area contributed by atoms with Gasteiger partial charge in [0.2, 0.25) is 6.36 Å². The maximum absolute atomic E-state index is 13.3. The number of carbonyl (C=O) groups excluding carboxylic acids is 1. The van der Waals surface area contributed by atoms with Gasteiger partial charge in [-0.25, -0.2) is 9.18 Å². The molecule has 0 saturated carbocycles. The van der Waals surface area contributed by atoms with Crippen molar-refractivity contribution in [2.45, 2.75) is 25.7 Å². The Morgan fingerprint density at radius 1 is 1.29 bits per heavy atom. The van der Waals surface area contributed by atoms with Gasteiger partial charge < -0.3 is 18.0 Å². The van der Waals surface area contributed by atoms with Gasteiger partial charge in [-0.05, 0) is 6.92 Å². The Hall–Kier alpha value is -0.763. The van der Waals surface area contributed by atoms with Crippen LogP contribution in [0.4, 0.5) is 4.39 Å². The number of hydrogen-bond acceptors (Lipinski definition) is 5. The number of hydrogen-bond donors (Lipinski definition) is 0. The van der Waals surface area contributed by atoms with Gasteiger partial charge in [-0.15, -0.1) is 0 Å². The summed E-state index contributed by atoms with van der Waals surface area (Å²) < 4.78 is 33.1. The molecule has 0 aromatic heterocycles. The van der Waals surface area contributed by atoms with E-state index in [1.54, 1.807) is 0 Å². The third kappa shape index (κ3) is 5.40. The van der Waals surface area contributed by atoms with Crippen molar-refractivity contribution < 1.29 is 27.2 Å². The maximum Gasteiger partial charge on any atom is 0.500 e. The average Bonchev–Trinajstić information content (AvgIpc) is 2.31. The van der Waals surface area contributed by atoms with Crippen LogP contribution in [0.3, 0.4) is 0 Å². The van der Waals surface area contributed by atoms with Crippen molar-refractivity contribution in [1.29, 1.82) is 0 Å². The zero-order chi connectivity index (χ0) is 13.5. The number of rotatable bonds is 8. The molecule has 5 nitrogen and oxygen atoms in total. The molecule has 0 saturated heterocycles. The van der Waals surface area contributed by atoms with Crippen LogP contribution in [0.15, 0.2) is 12.2 Å². The third-order valence-corrected chi connectivity index (χ3v) is 4.96. The fourth-order valence-corrected chi connectivity index (χ4v) is 2.81. The van der Waals surface area contributed by atoms with Crippen LogP contribution in [-0.2, 0) is 22.8 Å². The Kier molecular flexibility index (Phi) is 7.20. The zero-order valence-electron chi connectivity index (χ0n) is 10.6. The Bertz CT molecular complexity index is 259. The molecule has 1 unspecified atom stereocenters. The van der Waals surface area contributed by atoms with E-state index in [0.29, 0.717) is 0 Å². The van der Waals surface area contributed by atoms with E-state index >= 15 is 0 Å². The molecule has 0 aromatic carbocycles. The smallest absolute Gasteiger partial charge is 0.428 e. The molecule has 0 aliphatic carbocycles. The van der Waals surface area contributed by atoms with Gasteiger partial charge in [-0.2, -0.15) is 0 Å². The molecule has 0 fully saturated rings. The Morgan fingerprint density at radius 2 is 1.76 bits per heavy atom. The molecule has 7 heteroatoms. The van der Waals surface area contributed by atoms with E-state index in [1.807, 2.05) is 0 Å². The lowest BCUT2D eigenvalue weighted by atomic mass is 10.4. The van der Waals surface area contributed by atoms with Crippen LogP contribution in [0.5, 0.6) is 0 Å². The molecule has 0 amide bonds. The quantitative estimate of drug-likeness (QED) is 0.380. The first-order valence-electron chi connectivity index (χ1n) is 5.06. The number of halogens is 1. The fraction of sp³-hybridized carbons (Fsp3) is 0.700. The highest BCUT2D eigenvalue weighted by Crippen LogP contribution is 2.18. The molecule has 1 atom stereocenters. The molecule has 0 N–H and O–H groups in total. The van der Waals surface area contributed by atoms with E-state index in [2.05, 4.69) is 11.3 Å². The van der Waals surface area contributed by atoms with Crippen LogP contribution in [0.1, 0.15) is 13.3 Å². The lowest BCUT2D eigenvalue weighted by molar-refractivity contribution is -0.153. The molecule has 0 spiro atoms. The normalized spacial score (nSPS) is 13.2. The Labute approximate surface area is 102 Å². The first-order chi connectivity index (χ1) is 7.90. The Morgan fingerprint density at radius 3 is 2.12 bits per heavy atom. The molecule has 0 heterocycles. The molecule has 0 bridgehead atoms. The topological polar surface area (TPSA) is 54.0 Å². The minimum absolute atomic E-state index is 0.0409. The van der Waals surface area contributed by atoms with Crippen LogP contribution in [0.2, 0.25) is 6.04 Å². The summed E-state index contributed by atoms with van der Waals surface area (Å²) in [4.78, 5) is 11.0. The molecule has 0 rings (SSSR count). The van der Waals surface area contributed by atoms with E-state index in [0.717, 1.165) is 0 Å². The largest absolute Gasteiger partial charge is 0.500 e. The van der Waals surface area contributed by atoms with Gasteiger partial charge in [0, 0.05) is 39.4 Å². The molecule has 0 aliphatic heterocycles. The molecular formula is C10H19FO5Si. The predicted molar refractivity (Wildman–Crippen MR) is 62.0 cm³/mol. The first kappa shape index (κ1) is 16.2. The van der Waals surface area contributed by atoms with Crippen LogP contribution in [0.25, 0.3) is 0 Å². The van der Waals surface area contributed by atoms with Crippen LogP contribution >= 0.6 is 0 Å². The zero-order valence-corrected chi connectivity index (χ0v) is 11.6. The monoisotopic (exact) mass is 266 g/mol. The summed E-state index contributed by atoms with van der Waals surface area (Å²) >= 11 is 0. The minimum Gasteiger partial charge on any atom is -0.428 e. The number of ether oxygens (including phenoxy) is 1. The second-order valence-corrected chi connectivity index (χ2v) is 6.52. The minimum atomic E-state index is -2.81. The second-order valence-electron chi connectivity index (χ2n) is 3.43. The van der Waals surface area contributed by atoms with Crippen molar-refractivity contribution in [3.05, 3.63) is 12.2 Å². The van der Waals surface area contributed by atoms with Gasteiger partial charge in [-0.1, -0.05) is 6.58 Å². The summed E-state index contributed by atoms with van der Waals surface area (Å²) in [5.41, 5.74) is 0.154. The molecular weight excluding hydrogens is 247 g/mol. The van der Waals surface area contributed by atoms with Gasteiger partial charge in [-0.3, -0.25) is 0 Å². The molecule has 17 heavy (non-hydrogen) atoms. The standard InChI is InChI=1S/C10H19FO5Si/c1-8(2)10(12)16-9(11)6-7-17(13-3,14-4)15-5/h9H,1,6-7H2,2-5H3. The SMILES string of the molecule is C=C(C)C(=O)OC(F)CC[Si](OC)(OC)OC. The average molecular weight is 266 g/mol. The van der Waals surface area contributed by atoms with Crippen molar-refractivity contribution in [3.63, 3.8) is 0 Å². The van der Waals surface area contributed by atoms with Crippen molar-refractivity contribution in [3.8, 4) is 0 Å². The maximum atomic E-state index is 13.3. The van der Waals surface area contributed by atoms with E-state index < -0.39 is 21.1 Å². The van der Waals surface area contributed by atoms with Crippen molar-refractivity contribution in [1.82, 2.24) is 0 Å². The van der Waals surface area contributed by atoms with E-state index in [1.165, 1.54) is 28.3 Å². The summed E-state index contributed by atoms with van der Waals surface area (Å²) in [5, 5.41) is 0. The molecule has 0 radical (unpaired) electrons. The van der Waals surface area contributed by atoms with Crippen molar-refractivity contribution >= 4 is 14.8 Å². The van der Waals surface area contributed by atoms with Crippen molar-refractivity contribution in [2.24, 2.45) is 0 Å². The molecule has 0 aromatic rings. The third-order valence-electron chi connectivity index (χ3n) is 2.19. The lowest BCUT2D eigenvalue weighted by Gasteiger charge is -2.24. The van der Waals surface area contributed by atoms with Gasteiger partial charge in [0.1, 0.15) is 0 Å². The summed E-state index contributed by atoms with van der Waals surface area (Å²) in [7, 11) is 1.50. The summed E-state index contributed by atoms with van der Waals surface area (Å²) in [6, 6.07) is 0.223. The number of alkyl halides is 1. The van der Waals surface area contributed by atoms with Gasteiger partial charge >= 0.3 is 14.8 Å². The van der Waals surface area contributed by atoms with Crippen LogP contribution < -0.4 is 0 Å². The van der Waals surface area contributed by atoms with Gasteiger partial charge in [0.25, 0.3) is 0 Å². The fourth-order valence-electron chi connectivity index (χ4n) is 1.12. The molecule has 100 valence electrons. The van der Waals surface area contributed by atoms with Crippen molar-refractivity contribution in [2.75, 3.05) is 21.3 Å². The predicted octanol–water partition coefficient (Wildman–Crippen LogP) is 1.67.